The van der Waals surface area contributed by atoms with E-state index in [4.69, 9.17) is 0 Å². The smallest absolute Gasteiger partial charge is 0.143 e. The molecular weight excluding hydrogens is 905 g/mol. The molecule has 0 aliphatic heterocycles. The zero-order chi connectivity index (χ0) is 51.8. The minimum Gasteiger partial charge on any atom is -0.508 e. The first-order chi connectivity index (χ1) is 35.3. The summed E-state index contributed by atoms with van der Waals surface area (Å²) in [6, 6.07) is 58.1. The number of hydrogen-bond acceptors (Lipinski definition) is 12. The first kappa shape index (κ1) is 53.5. The van der Waals surface area contributed by atoms with Crippen LogP contribution in [0.5, 0.6) is 23.0 Å². The van der Waals surface area contributed by atoms with Crippen molar-refractivity contribution in [2.45, 2.75) is 55.4 Å². The second-order valence-corrected chi connectivity index (χ2v) is 13.9. The van der Waals surface area contributed by atoms with Gasteiger partial charge in [0.15, 0.2) is 0 Å². The van der Waals surface area contributed by atoms with Gasteiger partial charge in [-0.15, -0.1) is 50.4 Å². The van der Waals surface area contributed by atoms with Crippen molar-refractivity contribution in [1.82, 2.24) is 60.0 Å². The quantitative estimate of drug-likeness (QED) is 0.130. The Morgan fingerprint density at radius 1 is 0.236 bits per heavy atom. The molecule has 368 valence electrons. The molecule has 0 atom stereocenters. The lowest BCUT2D eigenvalue weighted by Crippen LogP contribution is -1.98. The summed E-state index contributed by atoms with van der Waals surface area (Å²) in [7, 11) is 0. The van der Waals surface area contributed by atoms with Crippen molar-refractivity contribution < 1.29 is 20.4 Å². The molecule has 16 nitrogen and oxygen atoms in total. The van der Waals surface area contributed by atoms with Gasteiger partial charge < -0.3 is 20.4 Å². The zero-order valence-corrected chi connectivity index (χ0v) is 41.6. The minimum absolute atomic E-state index is 0.169. The molecule has 0 amide bonds. The van der Waals surface area contributed by atoms with Crippen molar-refractivity contribution in [2.24, 2.45) is 0 Å². The van der Waals surface area contributed by atoms with Crippen LogP contribution in [0, 0.1) is 0 Å². The van der Waals surface area contributed by atoms with Crippen molar-refractivity contribution in [3.63, 3.8) is 0 Å². The average molecular weight is 965 g/mol. The normalized spacial score (nSPS) is 9.89. The Balaban J connectivity index is 0.000000170. The first-order valence-electron chi connectivity index (χ1n) is 23.8. The van der Waals surface area contributed by atoms with Gasteiger partial charge in [-0.1, -0.05) is 128 Å². The standard InChI is InChI=1S/4C12H9N3O.4C2H6/c2*16-12-8-4-3-7-11(12)15-13-9-5-1-2-6-10(9)14-15;2*16-10-7-5-9(6-8-10)15-13-11-3-1-2-4-12(11)14-15;4*1-2/h4*1-8,16H;4*1-2H3. The fourth-order valence-corrected chi connectivity index (χ4v) is 6.32. The van der Waals surface area contributed by atoms with E-state index >= 15 is 0 Å². The van der Waals surface area contributed by atoms with E-state index in [1.54, 1.807) is 94.5 Å². The highest BCUT2D eigenvalue weighted by Gasteiger charge is 2.09. The molecule has 0 bridgehead atoms. The number of hydrogen-bond donors (Lipinski definition) is 4. The van der Waals surface area contributed by atoms with Crippen LogP contribution in [0.15, 0.2) is 194 Å². The number of aromatic nitrogens is 12. The largest absolute Gasteiger partial charge is 0.508 e. The fraction of sp³-hybridized carbons (Fsp3) is 0.143. The summed E-state index contributed by atoms with van der Waals surface area (Å²) in [5, 5.41) is 72.3. The first-order valence-corrected chi connectivity index (χ1v) is 23.8. The van der Waals surface area contributed by atoms with Gasteiger partial charge in [-0.2, -0.15) is 9.59 Å². The number of nitrogens with zero attached hydrogens (tertiary/aromatic N) is 12. The molecule has 16 heteroatoms. The Morgan fingerprint density at radius 2 is 0.431 bits per heavy atom. The molecule has 4 aromatic heterocycles. The molecule has 72 heavy (non-hydrogen) atoms. The van der Waals surface area contributed by atoms with Gasteiger partial charge in [-0.3, -0.25) is 0 Å². The van der Waals surface area contributed by atoms with Crippen molar-refractivity contribution in [3.8, 4) is 45.7 Å². The van der Waals surface area contributed by atoms with Gasteiger partial charge in [0.25, 0.3) is 0 Å². The molecule has 4 heterocycles. The van der Waals surface area contributed by atoms with Gasteiger partial charge in [0.2, 0.25) is 0 Å². The molecule has 0 saturated carbocycles. The lowest BCUT2D eigenvalue weighted by molar-refractivity contribution is 0.467. The van der Waals surface area contributed by atoms with E-state index in [-0.39, 0.29) is 23.0 Å². The number of phenols is 4. The van der Waals surface area contributed by atoms with E-state index < -0.39 is 0 Å². The van der Waals surface area contributed by atoms with E-state index in [1.165, 1.54) is 9.59 Å². The Morgan fingerprint density at radius 3 is 0.653 bits per heavy atom. The molecule has 12 rings (SSSR count). The third-order valence-corrected chi connectivity index (χ3v) is 9.50. The number of para-hydroxylation sites is 4. The van der Waals surface area contributed by atoms with Crippen LogP contribution in [0.3, 0.4) is 0 Å². The monoisotopic (exact) mass is 964 g/mol. The van der Waals surface area contributed by atoms with Crippen molar-refractivity contribution in [1.29, 1.82) is 0 Å². The molecule has 0 spiro atoms. The number of benzene rings is 8. The summed E-state index contributed by atoms with van der Waals surface area (Å²) in [5.74, 6) is 0.812. The summed E-state index contributed by atoms with van der Waals surface area (Å²) in [6.45, 7) is 16.0. The van der Waals surface area contributed by atoms with Crippen LogP contribution >= 0.6 is 0 Å². The molecule has 12 aromatic rings. The lowest BCUT2D eigenvalue weighted by Gasteiger charge is -2.00. The molecule has 4 N–H and O–H groups in total. The molecule has 8 aromatic carbocycles. The van der Waals surface area contributed by atoms with Crippen LogP contribution in [-0.2, 0) is 0 Å². The third kappa shape index (κ3) is 13.8. The second-order valence-electron chi connectivity index (χ2n) is 13.9. The van der Waals surface area contributed by atoms with Gasteiger partial charge in [0, 0.05) is 0 Å². The molecule has 0 saturated heterocycles. The van der Waals surface area contributed by atoms with Crippen molar-refractivity contribution in [2.75, 3.05) is 0 Å². The summed E-state index contributed by atoms with van der Waals surface area (Å²) >= 11 is 0. The van der Waals surface area contributed by atoms with Crippen LogP contribution < -0.4 is 0 Å². The van der Waals surface area contributed by atoms with Crippen LogP contribution in [0.2, 0.25) is 0 Å². The lowest BCUT2D eigenvalue weighted by atomic mass is 10.3. The Bertz CT molecular complexity index is 3110. The Hall–Kier alpha value is -9.44. The molecule has 0 radical (unpaired) electrons. The van der Waals surface area contributed by atoms with Gasteiger partial charge in [0.1, 0.15) is 78.5 Å². The van der Waals surface area contributed by atoms with E-state index in [0.29, 0.717) is 11.4 Å². The van der Waals surface area contributed by atoms with E-state index in [9.17, 15) is 20.4 Å². The topological polar surface area (TPSA) is 204 Å². The maximum atomic E-state index is 9.69. The average Bonchev–Trinajstić information content (AvgIpc) is 4.27. The highest BCUT2D eigenvalue weighted by molar-refractivity contribution is 5.75. The van der Waals surface area contributed by atoms with Crippen molar-refractivity contribution in [3.05, 3.63) is 194 Å². The summed E-state index contributed by atoms with van der Waals surface area (Å²) < 4.78 is 0. The van der Waals surface area contributed by atoms with Crippen LogP contribution in [-0.4, -0.2) is 80.4 Å². The number of rotatable bonds is 4. The number of aromatic hydroxyl groups is 4. The predicted octanol–water partition coefficient (Wildman–Crippen LogP) is 12.6. The van der Waals surface area contributed by atoms with Gasteiger partial charge in [-0.25, -0.2) is 0 Å². The van der Waals surface area contributed by atoms with Crippen LogP contribution in [0.1, 0.15) is 55.4 Å². The molecule has 0 aliphatic carbocycles. The van der Waals surface area contributed by atoms with Crippen LogP contribution in [0.4, 0.5) is 0 Å². The summed E-state index contributed by atoms with van der Waals surface area (Å²) in [6.07, 6.45) is 0. The molecule has 0 unspecified atom stereocenters. The maximum absolute atomic E-state index is 9.69. The van der Waals surface area contributed by atoms with E-state index in [0.717, 1.165) is 55.5 Å². The minimum atomic E-state index is 0.169. The summed E-state index contributed by atoms with van der Waals surface area (Å²) in [4.78, 5) is 6.01. The second kappa shape index (κ2) is 27.5. The van der Waals surface area contributed by atoms with Crippen molar-refractivity contribution >= 4 is 44.1 Å². The highest BCUT2D eigenvalue weighted by Crippen LogP contribution is 2.22. The zero-order valence-electron chi connectivity index (χ0n) is 41.6. The van der Waals surface area contributed by atoms with E-state index in [1.807, 2.05) is 165 Å². The Kier molecular flexibility index (Phi) is 20.5. The van der Waals surface area contributed by atoms with Gasteiger partial charge in [-0.05, 0) is 121 Å². The van der Waals surface area contributed by atoms with Gasteiger partial charge >= 0.3 is 0 Å². The number of fused-ring (bicyclic) bond motifs is 4. The number of phenolic OH excluding ortho intramolecular Hbond substituents is 4. The fourth-order valence-electron chi connectivity index (χ4n) is 6.32. The molecular formula is C56H60N12O4. The Labute approximate surface area is 418 Å². The molecule has 0 aliphatic rings. The third-order valence-electron chi connectivity index (χ3n) is 9.50. The summed E-state index contributed by atoms with van der Waals surface area (Å²) in [5.41, 5.74) is 9.49. The maximum Gasteiger partial charge on any atom is 0.143 e. The molecule has 0 fully saturated rings. The highest BCUT2D eigenvalue weighted by atomic mass is 16.3. The van der Waals surface area contributed by atoms with Crippen LogP contribution in [0.25, 0.3) is 66.9 Å². The SMILES string of the molecule is CC.CC.CC.CC.Oc1ccc(-n2nc3ccccc3n2)cc1.Oc1ccc(-n2nc3ccccc3n2)cc1.Oc1ccccc1-n1nc2ccccc2n1.Oc1ccccc1-n1nc2ccccc2n1. The van der Waals surface area contributed by atoms with Gasteiger partial charge in [0.05, 0.1) is 11.4 Å². The van der Waals surface area contributed by atoms with E-state index in [2.05, 4.69) is 40.8 Å². The predicted molar refractivity (Wildman–Crippen MR) is 288 cm³/mol.